The highest BCUT2D eigenvalue weighted by Gasteiger charge is 2.58. The molecule has 0 radical (unpaired) electrons. The van der Waals surface area contributed by atoms with Crippen LogP contribution in [-0.4, -0.2) is 84.7 Å². The molecule has 1 aromatic heterocycles. The van der Waals surface area contributed by atoms with Gasteiger partial charge >= 0.3 is 0 Å². The van der Waals surface area contributed by atoms with Gasteiger partial charge in [0.15, 0.2) is 24.7 Å². The Bertz CT molecular complexity index is 1360. The van der Waals surface area contributed by atoms with Crippen LogP contribution >= 0.6 is 0 Å². The number of aromatic nitrogens is 3. The summed E-state index contributed by atoms with van der Waals surface area (Å²) in [5.41, 5.74) is 2.58. The summed E-state index contributed by atoms with van der Waals surface area (Å²) >= 11 is 0. The molecule has 0 bridgehead atoms. The van der Waals surface area contributed by atoms with Crippen LogP contribution in [0.25, 0.3) is 0 Å². The first kappa shape index (κ1) is 29.0. The van der Waals surface area contributed by atoms with Crippen molar-refractivity contribution in [3.05, 3.63) is 83.7 Å². The molecular weight excluding hydrogens is 558 g/mol. The summed E-state index contributed by atoms with van der Waals surface area (Å²) in [6.07, 6.45) is -3.26. The Labute approximate surface area is 250 Å². The molecule has 4 aliphatic heterocycles. The van der Waals surface area contributed by atoms with Crippen molar-refractivity contribution in [3.8, 4) is 0 Å². The van der Waals surface area contributed by atoms with E-state index in [2.05, 4.69) is 10.3 Å². The number of fused-ring (bicyclic) bond motifs is 2. The molecule has 0 amide bonds. The van der Waals surface area contributed by atoms with Gasteiger partial charge in [-0.2, -0.15) is 0 Å². The fourth-order valence-electron chi connectivity index (χ4n) is 6.41. The van der Waals surface area contributed by atoms with Gasteiger partial charge < -0.3 is 42.6 Å². The summed E-state index contributed by atoms with van der Waals surface area (Å²) in [6.45, 7) is 4.35. The Morgan fingerprint density at radius 3 is 2.40 bits per heavy atom. The first-order valence-electron chi connectivity index (χ1n) is 14.6. The summed E-state index contributed by atoms with van der Waals surface area (Å²) in [5, 5.41) is 8.80. The zero-order valence-corrected chi connectivity index (χ0v) is 24.6. The molecule has 2 aromatic carbocycles. The predicted octanol–water partition coefficient (Wildman–Crippen LogP) is 3.45. The number of benzene rings is 2. The SMILES string of the molecule is CO[C@H]1O[C@@H]2CO[C@@H](c3ccccc3)O[C@H]2[C@@H](OCc2ccccc2)[C@@H]1n1nncc1[C@H]1O[C@@H]2OC(C)(C)O[C@@H]2[C@H]1OC. The Hall–Kier alpha value is -2.78. The second-order valence-corrected chi connectivity index (χ2v) is 11.5. The smallest absolute Gasteiger partial charge is 0.190 e. The van der Waals surface area contributed by atoms with Crippen molar-refractivity contribution < 1.29 is 42.6 Å². The minimum Gasteiger partial charge on any atom is -0.375 e. The van der Waals surface area contributed by atoms with Crippen LogP contribution in [0.4, 0.5) is 0 Å². The zero-order chi connectivity index (χ0) is 29.6. The maximum Gasteiger partial charge on any atom is 0.190 e. The van der Waals surface area contributed by atoms with E-state index in [-0.39, 0.29) is 0 Å². The van der Waals surface area contributed by atoms with Crippen molar-refractivity contribution in [2.24, 2.45) is 0 Å². The number of ether oxygens (including phenoxy) is 9. The van der Waals surface area contributed by atoms with Gasteiger partial charge in [0, 0.05) is 19.8 Å². The fraction of sp³-hybridized carbons (Fsp3) is 0.548. The summed E-state index contributed by atoms with van der Waals surface area (Å²) in [7, 11) is 3.22. The fourth-order valence-corrected chi connectivity index (χ4v) is 6.41. The lowest BCUT2D eigenvalue weighted by Crippen LogP contribution is -2.61. The number of methoxy groups -OCH3 is 2. The molecule has 4 fully saturated rings. The van der Waals surface area contributed by atoms with Crippen molar-refractivity contribution in [1.29, 1.82) is 0 Å². The molecule has 43 heavy (non-hydrogen) atoms. The Morgan fingerprint density at radius 2 is 1.65 bits per heavy atom. The maximum atomic E-state index is 6.71. The Balaban J connectivity index is 1.23. The number of hydrogen-bond donors (Lipinski definition) is 0. The van der Waals surface area contributed by atoms with Crippen LogP contribution in [0.15, 0.2) is 66.9 Å². The Kier molecular flexibility index (Phi) is 8.05. The lowest BCUT2D eigenvalue weighted by Gasteiger charge is -2.49. The van der Waals surface area contributed by atoms with Crippen LogP contribution in [0, 0.1) is 0 Å². The van der Waals surface area contributed by atoms with Gasteiger partial charge in [-0.25, -0.2) is 4.68 Å². The molecule has 10 atom stereocenters. The molecule has 4 aliphatic rings. The van der Waals surface area contributed by atoms with E-state index in [0.717, 1.165) is 11.1 Å². The number of nitrogens with zero attached hydrogens (tertiary/aromatic N) is 3. The van der Waals surface area contributed by atoms with Crippen molar-refractivity contribution in [1.82, 2.24) is 15.0 Å². The molecule has 0 N–H and O–H groups in total. The summed E-state index contributed by atoms with van der Waals surface area (Å²) in [6, 6.07) is 19.2. The molecule has 0 spiro atoms. The summed E-state index contributed by atoms with van der Waals surface area (Å²) in [4.78, 5) is 0. The van der Waals surface area contributed by atoms with E-state index in [9.17, 15) is 0 Å². The van der Waals surface area contributed by atoms with Gasteiger partial charge in [-0.15, -0.1) is 5.10 Å². The third-order valence-corrected chi connectivity index (χ3v) is 8.34. The van der Waals surface area contributed by atoms with Crippen LogP contribution < -0.4 is 0 Å². The van der Waals surface area contributed by atoms with Gasteiger partial charge in [-0.1, -0.05) is 65.9 Å². The van der Waals surface area contributed by atoms with E-state index < -0.39 is 67.3 Å². The van der Waals surface area contributed by atoms with Gasteiger partial charge in [0.25, 0.3) is 0 Å². The van der Waals surface area contributed by atoms with Crippen LogP contribution in [0.2, 0.25) is 0 Å². The van der Waals surface area contributed by atoms with Crippen LogP contribution in [0.3, 0.4) is 0 Å². The van der Waals surface area contributed by atoms with E-state index >= 15 is 0 Å². The van der Waals surface area contributed by atoms with E-state index in [1.807, 2.05) is 74.5 Å². The normalized spacial score (nSPS) is 36.7. The van der Waals surface area contributed by atoms with Crippen LogP contribution in [0.5, 0.6) is 0 Å². The highest BCUT2D eigenvalue weighted by atomic mass is 16.8. The van der Waals surface area contributed by atoms with Crippen LogP contribution in [-0.2, 0) is 49.2 Å². The lowest BCUT2D eigenvalue weighted by molar-refractivity contribution is -0.353. The third kappa shape index (κ3) is 5.52. The first-order valence-corrected chi connectivity index (χ1v) is 14.6. The van der Waals surface area contributed by atoms with E-state index in [0.29, 0.717) is 18.9 Å². The van der Waals surface area contributed by atoms with Gasteiger partial charge in [0.1, 0.15) is 42.7 Å². The van der Waals surface area contributed by atoms with Crippen molar-refractivity contribution >= 4 is 0 Å². The largest absolute Gasteiger partial charge is 0.375 e. The number of rotatable bonds is 8. The molecule has 5 heterocycles. The molecular formula is C31H37N3O9. The van der Waals surface area contributed by atoms with Gasteiger partial charge in [0.05, 0.1) is 25.1 Å². The second-order valence-electron chi connectivity index (χ2n) is 11.5. The third-order valence-electron chi connectivity index (χ3n) is 8.34. The highest BCUT2D eigenvalue weighted by molar-refractivity contribution is 5.18. The average molecular weight is 596 g/mol. The average Bonchev–Trinajstić information content (AvgIpc) is 3.71. The van der Waals surface area contributed by atoms with Crippen molar-refractivity contribution in [2.75, 3.05) is 20.8 Å². The van der Waals surface area contributed by atoms with Crippen LogP contribution in [0.1, 0.15) is 49.1 Å². The monoisotopic (exact) mass is 595 g/mol. The minimum absolute atomic E-state index is 0.303. The summed E-state index contributed by atoms with van der Waals surface area (Å²) < 4.78 is 58.0. The molecule has 3 aromatic rings. The number of hydrogen-bond acceptors (Lipinski definition) is 11. The van der Waals surface area contributed by atoms with Gasteiger partial charge in [-0.05, 0) is 19.4 Å². The van der Waals surface area contributed by atoms with Gasteiger partial charge in [-0.3, -0.25) is 0 Å². The minimum atomic E-state index is -0.783. The lowest BCUT2D eigenvalue weighted by atomic mass is 9.94. The van der Waals surface area contributed by atoms with E-state index in [4.69, 9.17) is 42.6 Å². The standard InChI is InChI=1S/C31H37N3O9/c1-31(2)42-27-26(35-3)23(40-30(27)43-31)20-15-32-33-34(20)22-25(37-16-18-11-7-5-8-12-18)24-21(39-29(22)36-4)17-38-28(41-24)19-13-9-6-10-14-19/h5-15,21-30H,16-17H2,1-4H3/t21-,22+,23-,24-,25+,26+,27-,28-,29+,30-/m1/s1. The highest BCUT2D eigenvalue weighted by Crippen LogP contribution is 2.46. The molecule has 7 rings (SSSR count). The quantitative estimate of drug-likeness (QED) is 0.382. The second kappa shape index (κ2) is 12.0. The zero-order valence-electron chi connectivity index (χ0n) is 24.6. The molecule has 0 aliphatic carbocycles. The molecule has 12 nitrogen and oxygen atoms in total. The van der Waals surface area contributed by atoms with Gasteiger partial charge in [0.2, 0.25) is 0 Å². The topological polar surface area (TPSA) is 114 Å². The summed E-state index contributed by atoms with van der Waals surface area (Å²) in [5.74, 6) is -0.783. The molecule has 0 unspecified atom stereocenters. The van der Waals surface area contributed by atoms with E-state index in [1.54, 1.807) is 25.1 Å². The van der Waals surface area contributed by atoms with Crippen molar-refractivity contribution in [3.63, 3.8) is 0 Å². The molecule has 12 heteroatoms. The Morgan fingerprint density at radius 1 is 0.884 bits per heavy atom. The molecule has 230 valence electrons. The molecule has 0 saturated carbocycles. The molecule has 4 saturated heterocycles. The van der Waals surface area contributed by atoms with Crippen molar-refractivity contribution in [2.45, 2.75) is 87.8 Å². The predicted molar refractivity (Wildman–Crippen MR) is 148 cm³/mol. The first-order chi connectivity index (χ1) is 21.0. The maximum absolute atomic E-state index is 6.71. The van der Waals surface area contributed by atoms with E-state index in [1.165, 1.54) is 0 Å².